The van der Waals surface area contributed by atoms with Crippen molar-refractivity contribution in [2.24, 2.45) is 0 Å². The topological polar surface area (TPSA) is 73.4 Å². The molecule has 4 heterocycles. The van der Waals surface area contributed by atoms with Crippen LogP contribution in [0.5, 0.6) is 5.88 Å². The molecule has 0 bridgehead atoms. The summed E-state index contributed by atoms with van der Waals surface area (Å²) >= 11 is 0. The van der Waals surface area contributed by atoms with Crippen molar-refractivity contribution in [2.45, 2.75) is 26.8 Å². The van der Waals surface area contributed by atoms with Gasteiger partial charge in [0.1, 0.15) is 6.61 Å². The first kappa shape index (κ1) is 23.7. The molecule has 0 saturated carbocycles. The zero-order chi connectivity index (χ0) is 24.7. The van der Waals surface area contributed by atoms with E-state index < -0.39 is 0 Å². The fourth-order valence-electron chi connectivity index (χ4n) is 4.24. The lowest BCUT2D eigenvalue weighted by Gasteiger charge is -2.17. The molecule has 36 heavy (non-hydrogen) atoms. The minimum atomic E-state index is 0.601. The minimum Gasteiger partial charge on any atom is -0.476 e. The van der Waals surface area contributed by atoms with Crippen LogP contribution in [-0.2, 0) is 13.0 Å². The largest absolute Gasteiger partial charge is 0.476 e. The van der Waals surface area contributed by atoms with Gasteiger partial charge in [0.2, 0.25) is 5.88 Å². The van der Waals surface area contributed by atoms with E-state index in [-0.39, 0.29) is 0 Å². The van der Waals surface area contributed by atoms with Gasteiger partial charge in [0, 0.05) is 37.0 Å². The van der Waals surface area contributed by atoms with Crippen LogP contribution >= 0.6 is 0 Å². The van der Waals surface area contributed by atoms with Crippen LogP contribution in [0.3, 0.4) is 0 Å². The molecule has 0 N–H and O–H groups in total. The van der Waals surface area contributed by atoms with Gasteiger partial charge in [-0.2, -0.15) is 10.2 Å². The lowest BCUT2D eigenvalue weighted by atomic mass is 10.2. The molecule has 184 valence electrons. The number of pyridine rings is 2. The van der Waals surface area contributed by atoms with Gasteiger partial charge in [0.15, 0.2) is 11.5 Å². The fourth-order valence-corrected chi connectivity index (χ4v) is 4.24. The van der Waals surface area contributed by atoms with Crippen molar-refractivity contribution in [3.63, 3.8) is 0 Å². The average molecular weight is 482 g/mol. The molecule has 0 aliphatic rings. The highest BCUT2D eigenvalue weighted by molar-refractivity contribution is 5.61. The first-order valence-electron chi connectivity index (χ1n) is 12.4. The molecular formula is C28H31N7O. The molecule has 0 aliphatic heterocycles. The second-order valence-corrected chi connectivity index (χ2v) is 8.68. The van der Waals surface area contributed by atoms with E-state index in [2.05, 4.69) is 41.0 Å². The van der Waals surface area contributed by atoms with Gasteiger partial charge in [0.05, 0.1) is 18.4 Å². The number of ether oxygens (including phenoxy) is 1. The van der Waals surface area contributed by atoms with Crippen molar-refractivity contribution in [3.8, 4) is 17.1 Å². The molecule has 5 aromatic rings. The van der Waals surface area contributed by atoms with Gasteiger partial charge < -0.3 is 9.64 Å². The molecule has 0 unspecified atom stereocenters. The van der Waals surface area contributed by atoms with Crippen LogP contribution < -0.4 is 4.74 Å². The second kappa shape index (κ2) is 11.1. The monoisotopic (exact) mass is 481 g/mol. The lowest BCUT2D eigenvalue weighted by Crippen LogP contribution is -2.28. The molecule has 8 nitrogen and oxygen atoms in total. The maximum Gasteiger partial charge on any atom is 0.213 e. The third kappa shape index (κ3) is 5.60. The van der Waals surface area contributed by atoms with Crippen LogP contribution in [0, 0.1) is 0 Å². The van der Waals surface area contributed by atoms with Crippen molar-refractivity contribution >= 4 is 5.65 Å². The Bertz CT molecular complexity index is 1410. The molecule has 1 aromatic carbocycles. The molecular weight excluding hydrogens is 450 g/mol. The van der Waals surface area contributed by atoms with Gasteiger partial charge in [-0.25, -0.2) is 14.5 Å². The third-order valence-electron chi connectivity index (χ3n) is 6.23. The van der Waals surface area contributed by atoms with Crippen LogP contribution in [0.15, 0.2) is 79.3 Å². The van der Waals surface area contributed by atoms with E-state index in [9.17, 15) is 0 Å². The summed E-state index contributed by atoms with van der Waals surface area (Å²) in [5, 5.41) is 9.37. The van der Waals surface area contributed by atoms with Gasteiger partial charge in [-0.1, -0.05) is 50.2 Å². The van der Waals surface area contributed by atoms with Gasteiger partial charge in [-0.05, 0) is 42.4 Å². The summed E-state index contributed by atoms with van der Waals surface area (Å²) in [6, 6.07) is 20.3. The van der Waals surface area contributed by atoms with Gasteiger partial charge in [-0.15, -0.1) is 0 Å². The summed E-state index contributed by atoms with van der Waals surface area (Å²) < 4.78 is 9.73. The van der Waals surface area contributed by atoms with Crippen molar-refractivity contribution in [3.05, 3.63) is 96.2 Å². The highest BCUT2D eigenvalue weighted by atomic mass is 16.5. The predicted molar refractivity (Wildman–Crippen MR) is 140 cm³/mol. The van der Waals surface area contributed by atoms with E-state index in [0.717, 1.165) is 54.5 Å². The minimum absolute atomic E-state index is 0.601. The number of nitrogens with zero attached hydrogens (tertiary/aromatic N) is 7. The summed E-state index contributed by atoms with van der Waals surface area (Å²) in [7, 11) is 0. The van der Waals surface area contributed by atoms with Crippen molar-refractivity contribution < 1.29 is 4.74 Å². The van der Waals surface area contributed by atoms with Crippen LogP contribution in [0.25, 0.3) is 16.9 Å². The summed E-state index contributed by atoms with van der Waals surface area (Å²) in [4.78, 5) is 11.5. The average Bonchev–Trinajstić information content (AvgIpc) is 3.54. The maximum atomic E-state index is 5.89. The number of aromatic nitrogens is 6. The summed E-state index contributed by atoms with van der Waals surface area (Å²) in [5.41, 5.74) is 5.04. The number of likely N-dealkylation sites (N-methyl/N-ethyl adjacent to an activating group) is 1. The Morgan fingerprint density at radius 2 is 1.81 bits per heavy atom. The lowest BCUT2D eigenvalue weighted by molar-refractivity contribution is 0.218. The molecule has 0 amide bonds. The normalized spacial score (nSPS) is 11.4. The molecule has 0 fully saturated rings. The predicted octanol–water partition coefficient (Wildman–Crippen LogP) is 4.35. The second-order valence-electron chi connectivity index (χ2n) is 8.68. The standard InChI is InChI=1S/C28H31N7O/c1-3-33(4-2)15-16-36-28-18-23(13-14-29-28)17-26-31-27-12-8-11-25(35(27)32-26)24-19-30-34(21-24)20-22-9-6-5-7-10-22/h5-14,18-19,21H,3-4,15-17,20H2,1-2H3. The van der Waals surface area contributed by atoms with E-state index in [1.54, 1.807) is 6.20 Å². The van der Waals surface area contributed by atoms with Crippen molar-refractivity contribution in [1.29, 1.82) is 0 Å². The van der Waals surface area contributed by atoms with Gasteiger partial charge in [-0.3, -0.25) is 4.68 Å². The highest BCUT2D eigenvalue weighted by Crippen LogP contribution is 2.21. The van der Waals surface area contributed by atoms with E-state index in [1.165, 1.54) is 5.56 Å². The summed E-state index contributed by atoms with van der Waals surface area (Å²) in [6.45, 7) is 8.58. The van der Waals surface area contributed by atoms with Gasteiger partial charge >= 0.3 is 0 Å². The number of fused-ring (bicyclic) bond motifs is 1. The Kier molecular flexibility index (Phi) is 7.33. The number of hydrogen-bond donors (Lipinski definition) is 0. The van der Waals surface area contributed by atoms with Crippen LogP contribution in [0.4, 0.5) is 0 Å². The van der Waals surface area contributed by atoms with Crippen LogP contribution in [-0.4, -0.2) is 60.5 Å². The Balaban J connectivity index is 1.30. The molecule has 0 atom stereocenters. The number of benzene rings is 1. The third-order valence-corrected chi connectivity index (χ3v) is 6.23. The van der Waals surface area contributed by atoms with E-state index >= 15 is 0 Å². The highest BCUT2D eigenvalue weighted by Gasteiger charge is 2.12. The van der Waals surface area contributed by atoms with Crippen molar-refractivity contribution in [2.75, 3.05) is 26.2 Å². The Labute approximate surface area is 211 Å². The maximum absolute atomic E-state index is 5.89. The Morgan fingerprint density at radius 1 is 0.944 bits per heavy atom. The first-order valence-corrected chi connectivity index (χ1v) is 12.4. The van der Waals surface area contributed by atoms with E-state index in [0.29, 0.717) is 18.9 Å². The number of hydrogen-bond acceptors (Lipinski definition) is 6. The van der Waals surface area contributed by atoms with Crippen LogP contribution in [0.1, 0.15) is 30.8 Å². The molecule has 0 saturated heterocycles. The van der Waals surface area contributed by atoms with E-state index in [4.69, 9.17) is 14.8 Å². The number of rotatable bonds is 11. The van der Waals surface area contributed by atoms with E-state index in [1.807, 2.05) is 70.1 Å². The zero-order valence-corrected chi connectivity index (χ0v) is 20.8. The Morgan fingerprint density at radius 3 is 2.64 bits per heavy atom. The summed E-state index contributed by atoms with van der Waals surface area (Å²) in [5.74, 6) is 1.38. The Hall–Kier alpha value is -4.04. The summed E-state index contributed by atoms with van der Waals surface area (Å²) in [6.07, 6.45) is 6.31. The molecule has 0 spiro atoms. The fraction of sp³-hybridized carbons (Fsp3) is 0.286. The molecule has 0 radical (unpaired) electrons. The SMILES string of the molecule is CCN(CC)CCOc1cc(Cc2nc3cccc(-c4cnn(Cc5ccccc5)c4)n3n2)ccn1. The van der Waals surface area contributed by atoms with Crippen molar-refractivity contribution in [1.82, 2.24) is 34.3 Å². The zero-order valence-electron chi connectivity index (χ0n) is 20.8. The van der Waals surface area contributed by atoms with Gasteiger partial charge in [0.25, 0.3) is 0 Å². The molecule has 4 aromatic heterocycles. The van der Waals surface area contributed by atoms with Crippen LogP contribution in [0.2, 0.25) is 0 Å². The quantitative estimate of drug-likeness (QED) is 0.279. The smallest absolute Gasteiger partial charge is 0.213 e. The molecule has 5 rings (SSSR count). The first-order chi connectivity index (χ1) is 17.7. The molecule has 0 aliphatic carbocycles. The molecule has 8 heteroatoms.